The Balaban J connectivity index is 1.29. The van der Waals surface area contributed by atoms with Crippen molar-refractivity contribution in [1.29, 1.82) is 0 Å². The van der Waals surface area contributed by atoms with E-state index in [9.17, 15) is 4.79 Å². The summed E-state index contributed by atoms with van der Waals surface area (Å²) in [7, 11) is 0. The van der Waals surface area contributed by atoms with Crippen LogP contribution in [-0.2, 0) is 6.42 Å². The lowest BCUT2D eigenvalue weighted by molar-refractivity contribution is 0.236. The minimum atomic E-state index is -0.177. The number of carbonyl (C=O) groups is 1. The van der Waals surface area contributed by atoms with Crippen molar-refractivity contribution in [2.75, 3.05) is 19.7 Å². The number of aromatic nitrogens is 2. The zero-order chi connectivity index (χ0) is 19.1. The molecule has 27 heavy (non-hydrogen) atoms. The highest BCUT2D eigenvalue weighted by Gasteiger charge is 2.04. The van der Waals surface area contributed by atoms with Gasteiger partial charge in [-0.15, -0.1) is 0 Å². The quantitative estimate of drug-likeness (QED) is 0.534. The molecule has 6 nitrogen and oxygen atoms in total. The highest BCUT2D eigenvalue weighted by molar-refractivity contribution is 5.74. The Morgan fingerprint density at radius 1 is 1.11 bits per heavy atom. The van der Waals surface area contributed by atoms with Gasteiger partial charge in [0.05, 0.1) is 17.6 Å². The molecule has 1 aromatic heterocycles. The topological polar surface area (TPSA) is 79.0 Å². The molecule has 0 saturated heterocycles. The van der Waals surface area contributed by atoms with Gasteiger partial charge in [-0.05, 0) is 44.0 Å². The lowest BCUT2D eigenvalue weighted by Gasteiger charge is -2.11. The standard InChI is InChI=1S/C21H26N4O2/c1-15-9-10-19(16(2)14-15)27-13-12-23-21(26)22-11-5-8-20-24-17-6-3-4-7-18(17)25-20/h3-4,6-7,9-10,14H,5,8,11-13H2,1-2H3,(H,24,25)(H2,22,23,26). The molecular weight excluding hydrogens is 340 g/mol. The summed E-state index contributed by atoms with van der Waals surface area (Å²) in [4.78, 5) is 19.6. The number of urea groups is 1. The molecule has 0 radical (unpaired) electrons. The van der Waals surface area contributed by atoms with Crippen molar-refractivity contribution in [3.63, 3.8) is 0 Å². The molecule has 3 aromatic rings. The van der Waals surface area contributed by atoms with Crippen LogP contribution in [0.1, 0.15) is 23.4 Å². The number of hydrogen-bond acceptors (Lipinski definition) is 3. The number of para-hydroxylation sites is 2. The number of aryl methyl sites for hydroxylation is 3. The van der Waals surface area contributed by atoms with Crippen molar-refractivity contribution in [3.8, 4) is 5.75 Å². The zero-order valence-electron chi connectivity index (χ0n) is 15.8. The summed E-state index contributed by atoms with van der Waals surface area (Å²) in [6.45, 7) is 5.57. The van der Waals surface area contributed by atoms with Gasteiger partial charge in [0.25, 0.3) is 0 Å². The Labute approximate surface area is 159 Å². The van der Waals surface area contributed by atoms with Gasteiger partial charge >= 0.3 is 6.03 Å². The van der Waals surface area contributed by atoms with Gasteiger partial charge in [-0.1, -0.05) is 29.8 Å². The van der Waals surface area contributed by atoms with E-state index in [1.54, 1.807) is 0 Å². The SMILES string of the molecule is Cc1ccc(OCCNC(=O)NCCCc2nc3ccccc3[nH]2)c(C)c1. The van der Waals surface area contributed by atoms with E-state index in [1.165, 1.54) is 5.56 Å². The van der Waals surface area contributed by atoms with E-state index in [4.69, 9.17) is 4.74 Å². The number of H-pyrrole nitrogens is 1. The minimum Gasteiger partial charge on any atom is -0.491 e. The van der Waals surface area contributed by atoms with Gasteiger partial charge in [0, 0.05) is 13.0 Å². The van der Waals surface area contributed by atoms with Gasteiger partial charge in [0.2, 0.25) is 0 Å². The second-order valence-corrected chi connectivity index (χ2v) is 6.60. The maximum absolute atomic E-state index is 11.8. The first-order chi connectivity index (χ1) is 13.1. The normalized spacial score (nSPS) is 10.7. The van der Waals surface area contributed by atoms with Crippen LogP contribution in [0.15, 0.2) is 42.5 Å². The fourth-order valence-electron chi connectivity index (χ4n) is 2.93. The molecule has 0 aliphatic carbocycles. The van der Waals surface area contributed by atoms with Crippen molar-refractivity contribution in [2.45, 2.75) is 26.7 Å². The van der Waals surface area contributed by atoms with Crippen LogP contribution in [0.3, 0.4) is 0 Å². The molecule has 0 bridgehead atoms. The van der Waals surface area contributed by atoms with E-state index < -0.39 is 0 Å². The smallest absolute Gasteiger partial charge is 0.314 e. The predicted octanol–water partition coefficient (Wildman–Crippen LogP) is 3.49. The van der Waals surface area contributed by atoms with Crippen LogP contribution in [0.2, 0.25) is 0 Å². The summed E-state index contributed by atoms with van der Waals surface area (Å²) in [6.07, 6.45) is 1.62. The van der Waals surface area contributed by atoms with Crippen molar-refractivity contribution < 1.29 is 9.53 Å². The van der Waals surface area contributed by atoms with E-state index in [2.05, 4.69) is 33.6 Å². The summed E-state index contributed by atoms with van der Waals surface area (Å²) < 4.78 is 5.70. The Morgan fingerprint density at radius 3 is 2.74 bits per heavy atom. The van der Waals surface area contributed by atoms with Crippen LogP contribution in [0, 0.1) is 13.8 Å². The Bertz CT molecular complexity index is 871. The number of ether oxygens (including phenoxy) is 1. The van der Waals surface area contributed by atoms with Crippen molar-refractivity contribution in [1.82, 2.24) is 20.6 Å². The molecule has 0 aliphatic heterocycles. The molecule has 1 heterocycles. The number of nitrogens with one attached hydrogen (secondary N) is 3. The maximum atomic E-state index is 11.8. The number of carbonyl (C=O) groups excluding carboxylic acids is 1. The number of nitrogens with zero attached hydrogens (tertiary/aromatic N) is 1. The largest absolute Gasteiger partial charge is 0.491 e. The third-order valence-electron chi connectivity index (χ3n) is 4.29. The highest BCUT2D eigenvalue weighted by atomic mass is 16.5. The van der Waals surface area contributed by atoms with Gasteiger partial charge in [0.15, 0.2) is 0 Å². The molecule has 2 amide bonds. The molecule has 0 aliphatic rings. The van der Waals surface area contributed by atoms with Crippen LogP contribution in [-0.4, -0.2) is 35.7 Å². The maximum Gasteiger partial charge on any atom is 0.314 e. The van der Waals surface area contributed by atoms with E-state index in [1.807, 2.05) is 43.3 Å². The molecule has 0 fully saturated rings. The van der Waals surface area contributed by atoms with E-state index >= 15 is 0 Å². The number of imidazole rings is 1. The van der Waals surface area contributed by atoms with Crippen molar-refractivity contribution in [3.05, 3.63) is 59.4 Å². The van der Waals surface area contributed by atoms with Gasteiger partial charge in [-0.2, -0.15) is 0 Å². The second kappa shape index (κ2) is 9.07. The van der Waals surface area contributed by atoms with Gasteiger partial charge in [0.1, 0.15) is 18.2 Å². The number of hydrogen-bond donors (Lipinski definition) is 3. The first-order valence-electron chi connectivity index (χ1n) is 9.27. The second-order valence-electron chi connectivity index (χ2n) is 6.60. The summed E-state index contributed by atoms with van der Waals surface area (Å²) >= 11 is 0. The average molecular weight is 366 g/mol. The number of benzene rings is 2. The number of rotatable bonds is 8. The van der Waals surface area contributed by atoms with Gasteiger partial charge in [-0.25, -0.2) is 9.78 Å². The molecule has 142 valence electrons. The summed E-state index contributed by atoms with van der Waals surface area (Å²) in [5.74, 6) is 1.80. The zero-order valence-corrected chi connectivity index (χ0v) is 15.8. The van der Waals surface area contributed by atoms with Gasteiger partial charge < -0.3 is 20.4 Å². The molecule has 3 rings (SSSR count). The fourth-order valence-corrected chi connectivity index (χ4v) is 2.93. The molecule has 0 atom stereocenters. The molecule has 2 aromatic carbocycles. The van der Waals surface area contributed by atoms with Crippen molar-refractivity contribution >= 4 is 17.1 Å². The highest BCUT2D eigenvalue weighted by Crippen LogP contribution is 2.18. The van der Waals surface area contributed by atoms with E-state index in [0.717, 1.165) is 41.0 Å². The van der Waals surface area contributed by atoms with Crippen molar-refractivity contribution in [2.24, 2.45) is 0 Å². The van der Waals surface area contributed by atoms with E-state index in [-0.39, 0.29) is 6.03 Å². The average Bonchev–Trinajstić information content (AvgIpc) is 3.06. The van der Waals surface area contributed by atoms with Crippen LogP contribution in [0.25, 0.3) is 11.0 Å². The first kappa shape index (κ1) is 18.8. The molecule has 0 unspecified atom stereocenters. The Kier molecular flexibility index (Phi) is 6.30. The lowest BCUT2D eigenvalue weighted by Crippen LogP contribution is -2.38. The van der Waals surface area contributed by atoms with Crippen LogP contribution in [0.5, 0.6) is 5.75 Å². The molecular formula is C21H26N4O2. The Morgan fingerprint density at radius 2 is 1.93 bits per heavy atom. The van der Waals surface area contributed by atoms with Gasteiger partial charge in [-0.3, -0.25) is 0 Å². The minimum absolute atomic E-state index is 0.177. The molecule has 0 saturated carbocycles. The summed E-state index contributed by atoms with van der Waals surface area (Å²) in [5.41, 5.74) is 4.33. The first-order valence-corrected chi connectivity index (χ1v) is 9.27. The number of amides is 2. The van der Waals surface area contributed by atoms with Crippen LogP contribution < -0.4 is 15.4 Å². The molecule has 3 N–H and O–H groups in total. The third-order valence-corrected chi connectivity index (χ3v) is 4.29. The summed E-state index contributed by atoms with van der Waals surface area (Å²) in [6, 6.07) is 13.8. The Hall–Kier alpha value is -3.02. The molecule has 0 spiro atoms. The lowest BCUT2D eigenvalue weighted by atomic mass is 10.1. The molecule has 6 heteroatoms. The number of fused-ring (bicyclic) bond motifs is 1. The van der Waals surface area contributed by atoms with Crippen LogP contribution in [0.4, 0.5) is 4.79 Å². The predicted molar refractivity (Wildman–Crippen MR) is 107 cm³/mol. The monoisotopic (exact) mass is 366 g/mol. The van der Waals surface area contributed by atoms with E-state index in [0.29, 0.717) is 19.7 Å². The van der Waals surface area contributed by atoms with Crippen LogP contribution >= 0.6 is 0 Å². The third kappa shape index (κ3) is 5.48. The number of aromatic amines is 1. The summed E-state index contributed by atoms with van der Waals surface area (Å²) in [5, 5.41) is 5.66. The fraction of sp³-hybridized carbons (Fsp3) is 0.333.